The van der Waals surface area contributed by atoms with E-state index in [1.54, 1.807) is 35.0 Å². The van der Waals surface area contributed by atoms with Crippen LogP contribution in [0.1, 0.15) is 37.6 Å². The first-order valence-corrected chi connectivity index (χ1v) is 20.6. The van der Waals surface area contributed by atoms with Gasteiger partial charge in [-0.3, -0.25) is 0 Å². The summed E-state index contributed by atoms with van der Waals surface area (Å²) in [5.41, 5.74) is -0.0229. The number of sulfonamides is 1. The molecule has 1 fully saturated rings. The quantitative estimate of drug-likeness (QED) is 0.467. The monoisotopic (exact) mass is 557 g/mol. The number of amides is 1. The number of carbonyl (C=O) groups excluding carboxylic acids is 1. The van der Waals surface area contributed by atoms with Gasteiger partial charge in [-0.2, -0.15) is 0 Å². The zero-order valence-corrected chi connectivity index (χ0v) is 24.0. The molecule has 0 radical (unpaired) electrons. The van der Waals surface area contributed by atoms with E-state index < -0.39 is 29.2 Å². The molecule has 186 valence electrons. The van der Waals surface area contributed by atoms with Gasteiger partial charge in [-0.15, -0.1) is 0 Å². The molecule has 10 heteroatoms. The maximum absolute atomic E-state index is 13.3. The number of anilines is 1. The third-order valence-electron chi connectivity index (χ3n) is 6.31. The summed E-state index contributed by atoms with van der Waals surface area (Å²) < 4.78 is 30.8. The van der Waals surface area contributed by atoms with E-state index in [4.69, 9.17) is 10.1 Å². The Bertz CT molecular complexity index is 1350. The van der Waals surface area contributed by atoms with E-state index in [0.29, 0.717) is 17.6 Å². The molecule has 35 heavy (non-hydrogen) atoms. The van der Waals surface area contributed by atoms with Gasteiger partial charge in [0.25, 0.3) is 0 Å². The Hall–Kier alpha value is -2.66. The summed E-state index contributed by atoms with van der Waals surface area (Å²) in [6.45, 7) is 7.12. The Balaban J connectivity index is 1.77. The summed E-state index contributed by atoms with van der Waals surface area (Å²) in [5, 5.41) is 4.77. The van der Waals surface area contributed by atoms with Gasteiger partial charge in [-0.05, 0) is 0 Å². The molecule has 0 unspecified atom stereocenters. The minimum atomic E-state index is -4.02. The second-order valence-electron chi connectivity index (χ2n) is 10.9. The van der Waals surface area contributed by atoms with Crippen LogP contribution in [0.5, 0.6) is 0 Å². The fraction of sp³-hybridized carbons (Fsp3) is 0.400. The van der Waals surface area contributed by atoms with E-state index >= 15 is 0 Å². The van der Waals surface area contributed by atoms with Crippen molar-refractivity contribution in [2.75, 3.05) is 11.4 Å². The zero-order chi connectivity index (χ0) is 25.6. The van der Waals surface area contributed by atoms with Crippen LogP contribution in [0, 0.1) is 5.92 Å². The molecule has 0 aliphatic carbocycles. The van der Waals surface area contributed by atoms with Gasteiger partial charge >= 0.3 is 192 Å². The standard InChI is InChI=1S/C25H33GeN5O3S/c1-18-16-25(2,3)30(17-18)23-20(24(32)29-35(33,34)19-10-8-7-9-11-19)12-13-22(27-23)31-15-14-21(28-31)26(4,5)6/h7-15,18H,16-17H2,1-6H3,(H,29,32)/t18-/m0/s1. The maximum atomic E-state index is 13.3. The molecule has 3 aromatic rings. The second-order valence-corrected chi connectivity index (χ2v) is 23.1. The van der Waals surface area contributed by atoms with Gasteiger partial charge in [0.2, 0.25) is 0 Å². The Morgan fingerprint density at radius 2 is 1.77 bits per heavy atom. The average Bonchev–Trinajstić information content (AvgIpc) is 3.37. The van der Waals surface area contributed by atoms with Crippen molar-refractivity contribution in [2.45, 2.75) is 54.9 Å². The number of carbonyl (C=O) groups is 1. The van der Waals surface area contributed by atoms with Crippen LogP contribution in [0.4, 0.5) is 5.82 Å². The predicted molar refractivity (Wildman–Crippen MR) is 141 cm³/mol. The summed E-state index contributed by atoms with van der Waals surface area (Å²) >= 11 is -2.13. The van der Waals surface area contributed by atoms with Crippen molar-refractivity contribution < 1.29 is 13.2 Å². The van der Waals surface area contributed by atoms with Crippen LogP contribution in [0.15, 0.2) is 59.6 Å². The Morgan fingerprint density at radius 1 is 1.09 bits per heavy atom. The van der Waals surface area contributed by atoms with Crippen LogP contribution in [-0.2, 0) is 10.0 Å². The van der Waals surface area contributed by atoms with E-state index in [2.05, 4.69) is 47.7 Å². The van der Waals surface area contributed by atoms with E-state index in [1.165, 1.54) is 12.1 Å². The fourth-order valence-electron chi connectivity index (χ4n) is 4.60. The molecular weight excluding hydrogens is 523 g/mol. The summed E-state index contributed by atoms with van der Waals surface area (Å²) in [6, 6.07) is 13.3. The van der Waals surface area contributed by atoms with Gasteiger partial charge in [0.05, 0.1) is 0 Å². The molecule has 1 saturated heterocycles. The summed E-state index contributed by atoms with van der Waals surface area (Å²) in [7, 11) is -4.02. The van der Waals surface area contributed by atoms with Gasteiger partial charge in [-0.1, -0.05) is 18.2 Å². The van der Waals surface area contributed by atoms with Crippen LogP contribution in [0.3, 0.4) is 0 Å². The topological polar surface area (TPSA) is 97.2 Å². The molecule has 0 saturated carbocycles. The van der Waals surface area contributed by atoms with E-state index in [9.17, 15) is 13.2 Å². The Morgan fingerprint density at radius 3 is 2.34 bits per heavy atom. The van der Waals surface area contributed by atoms with Crippen LogP contribution in [0.2, 0.25) is 17.3 Å². The van der Waals surface area contributed by atoms with Gasteiger partial charge in [0, 0.05) is 0 Å². The van der Waals surface area contributed by atoms with Crippen LogP contribution in [0.25, 0.3) is 5.82 Å². The van der Waals surface area contributed by atoms with Crippen molar-refractivity contribution in [3.63, 3.8) is 0 Å². The second kappa shape index (κ2) is 9.09. The van der Waals surface area contributed by atoms with E-state index in [0.717, 1.165) is 17.5 Å². The van der Waals surface area contributed by atoms with Crippen molar-refractivity contribution in [3.8, 4) is 5.82 Å². The molecule has 8 nitrogen and oxygen atoms in total. The van der Waals surface area contributed by atoms with Crippen LogP contribution >= 0.6 is 0 Å². The number of nitrogens with zero attached hydrogens (tertiary/aromatic N) is 4. The minimum absolute atomic E-state index is 0.0338. The normalized spacial score (nSPS) is 18.0. The SMILES string of the molecule is C[C@@H]1CN(c2nc(-n3cc[c]([Ge]([CH3])([CH3])[CH3])n3)ccc2C(=O)NS(=O)(=O)c2ccccc2)C(C)(C)C1. The molecule has 1 aliphatic rings. The zero-order valence-electron chi connectivity index (χ0n) is 21.1. The first-order chi connectivity index (χ1) is 16.3. The van der Waals surface area contributed by atoms with Crippen LogP contribution < -0.4 is 14.1 Å². The number of hydrogen-bond acceptors (Lipinski definition) is 6. The summed E-state index contributed by atoms with van der Waals surface area (Å²) in [6.07, 6.45) is 2.83. The third-order valence-corrected chi connectivity index (χ3v) is 11.4. The first-order valence-electron chi connectivity index (χ1n) is 11.8. The Labute approximate surface area is 210 Å². The summed E-state index contributed by atoms with van der Waals surface area (Å²) in [5.74, 6) is 7.59. The van der Waals surface area contributed by atoms with Crippen molar-refractivity contribution in [3.05, 3.63) is 60.3 Å². The molecule has 3 heterocycles. The van der Waals surface area contributed by atoms with Crippen molar-refractivity contribution in [2.24, 2.45) is 5.92 Å². The molecule has 1 N–H and O–H groups in total. The number of pyridine rings is 1. The molecule has 0 bridgehead atoms. The first kappa shape index (κ1) is 25.4. The number of benzene rings is 1. The molecule has 1 atom stereocenters. The number of aromatic nitrogens is 3. The molecule has 1 aromatic carbocycles. The van der Waals surface area contributed by atoms with Gasteiger partial charge < -0.3 is 0 Å². The van der Waals surface area contributed by atoms with Crippen LogP contribution in [-0.4, -0.2) is 54.4 Å². The molecule has 1 aliphatic heterocycles. The van der Waals surface area contributed by atoms with Crippen molar-refractivity contribution in [1.82, 2.24) is 19.5 Å². The molecule has 0 spiro atoms. The molecule has 4 rings (SSSR count). The van der Waals surface area contributed by atoms with Crippen molar-refractivity contribution in [1.29, 1.82) is 0 Å². The van der Waals surface area contributed by atoms with Crippen molar-refractivity contribution >= 4 is 39.5 Å². The van der Waals surface area contributed by atoms with Gasteiger partial charge in [-0.25, -0.2) is 0 Å². The molecule has 1 amide bonds. The Kier molecular flexibility index (Phi) is 6.61. The number of rotatable bonds is 6. The van der Waals surface area contributed by atoms with Gasteiger partial charge in [0.1, 0.15) is 0 Å². The molecular formula is C25H33GeN5O3S. The predicted octanol–water partition coefficient (Wildman–Crippen LogP) is 3.56. The third kappa shape index (κ3) is 5.30. The molecule has 2 aromatic heterocycles. The van der Waals surface area contributed by atoms with E-state index in [-0.39, 0.29) is 16.0 Å². The summed E-state index contributed by atoms with van der Waals surface area (Å²) in [4.78, 5) is 20.3. The van der Waals surface area contributed by atoms with Gasteiger partial charge in [0.15, 0.2) is 0 Å². The average molecular weight is 556 g/mol. The number of nitrogens with one attached hydrogen (secondary N) is 1. The number of hydrogen-bond donors (Lipinski definition) is 1. The fourth-order valence-corrected chi connectivity index (χ4v) is 7.64. The van der Waals surface area contributed by atoms with E-state index in [1.807, 2.05) is 12.3 Å².